The Hall–Kier alpha value is -3.55. The molecule has 1 aromatic heterocycles. The summed E-state index contributed by atoms with van der Waals surface area (Å²) in [6, 6.07) is 23.2. The molecule has 0 spiro atoms. The lowest BCUT2D eigenvalue weighted by Gasteiger charge is -2.29. The number of rotatable bonds is 6. The standard InChI is InChI=1S/C28H26ClN5OS/c1-17-9-14-23(18(2)15-17)31-26(35)24-19(3)30-27-32-28(36-16-20-7-5-4-6-8-20)33-34(27)25(24)21-10-12-22(29)13-11-21/h4-15,25H,16H2,1-3H3,(H,31,35)(H,30,32,33)/t25-/m1/s1. The maximum atomic E-state index is 13.7. The van der Waals surface area contributed by atoms with Gasteiger partial charge >= 0.3 is 0 Å². The molecule has 3 aromatic carbocycles. The van der Waals surface area contributed by atoms with Crippen LogP contribution in [0, 0.1) is 13.8 Å². The Labute approximate surface area is 219 Å². The number of halogens is 1. The number of anilines is 2. The van der Waals surface area contributed by atoms with E-state index in [0.29, 0.717) is 21.7 Å². The zero-order valence-corrected chi connectivity index (χ0v) is 21.8. The van der Waals surface area contributed by atoms with Gasteiger partial charge in [0.15, 0.2) is 0 Å². The number of nitrogens with zero attached hydrogens (tertiary/aromatic N) is 3. The van der Waals surface area contributed by atoms with Crippen LogP contribution in [0.4, 0.5) is 11.6 Å². The predicted molar refractivity (Wildman–Crippen MR) is 146 cm³/mol. The fraction of sp³-hybridized carbons (Fsp3) is 0.179. The van der Waals surface area contributed by atoms with E-state index in [-0.39, 0.29) is 5.91 Å². The second-order valence-corrected chi connectivity index (χ2v) is 10.2. The van der Waals surface area contributed by atoms with Gasteiger partial charge in [0.1, 0.15) is 6.04 Å². The molecule has 2 N–H and O–H groups in total. The van der Waals surface area contributed by atoms with Gasteiger partial charge in [-0.15, -0.1) is 5.10 Å². The van der Waals surface area contributed by atoms with Crippen molar-refractivity contribution in [2.24, 2.45) is 0 Å². The second kappa shape index (κ2) is 10.2. The molecule has 1 aliphatic heterocycles. The van der Waals surface area contributed by atoms with E-state index in [0.717, 1.165) is 33.8 Å². The summed E-state index contributed by atoms with van der Waals surface area (Å²) in [5.41, 5.74) is 6.34. The van der Waals surface area contributed by atoms with E-state index < -0.39 is 6.04 Å². The molecule has 1 atom stereocenters. The Morgan fingerprint density at radius 1 is 1.06 bits per heavy atom. The van der Waals surface area contributed by atoms with Gasteiger partial charge in [-0.2, -0.15) is 4.98 Å². The van der Waals surface area contributed by atoms with Crippen LogP contribution in [0.25, 0.3) is 0 Å². The fourth-order valence-electron chi connectivity index (χ4n) is 4.31. The highest BCUT2D eigenvalue weighted by atomic mass is 35.5. The van der Waals surface area contributed by atoms with Crippen LogP contribution < -0.4 is 10.6 Å². The third-order valence-corrected chi connectivity index (χ3v) is 7.27. The van der Waals surface area contributed by atoms with E-state index in [9.17, 15) is 4.79 Å². The van der Waals surface area contributed by atoms with Gasteiger partial charge in [0, 0.05) is 22.2 Å². The van der Waals surface area contributed by atoms with E-state index in [1.807, 2.05) is 75.4 Å². The van der Waals surface area contributed by atoms with Gasteiger partial charge in [0.05, 0.1) is 5.57 Å². The van der Waals surface area contributed by atoms with Gasteiger partial charge < -0.3 is 10.6 Å². The van der Waals surface area contributed by atoms with Crippen molar-refractivity contribution in [3.8, 4) is 0 Å². The molecule has 0 saturated carbocycles. The molecule has 1 amide bonds. The Balaban J connectivity index is 1.50. The van der Waals surface area contributed by atoms with Gasteiger partial charge in [-0.25, -0.2) is 4.68 Å². The quantitative estimate of drug-likeness (QED) is 0.277. The van der Waals surface area contributed by atoms with E-state index >= 15 is 0 Å². The summed E-state index contributed by atoms with van der Waals surface area (Å²) in [6.07, 6.45) is 0. The number of fused-ring (bicyclic) bond motifs is 1. The summed E-state index contributed by atoms with van der Waals surface area (Å²) in [5.74, 6) is 1.17. The van der Waals surface area contributed by atoms with Gasteiger partial charge in [0.25, 0.3) is 5.91 Å². The van der Waals surface area contributed by atoms with Crippen molar-refractivity contribution in [1.82, 2.24) is 14.8 Å². The van der Waals surface area contributed by atoms with Crippen LogP contribution in [0.5, 0.6) is 0 Å². The molecule has 0 saturated heterocycles. The number of hydrogen-bond donors (Lipinski definition) is 2. The van der Waals surface area contributed by atoms with Crippen molar-refractivity contribution in [2.45, 2.75) is 37.7 Å². The van der Waals surface area contributed by atoms with Crippen molar-refractivity contribution < 1.29 is 4.79 Å². The Morgan fingerprint density at radius 3 is 2.53 bits per heavy atom. The van der Waals surface area contributed by atoms with E-state index in [1.54, 1.807) is 16.4 Å². The van der Waals surface area contributed by atoms with Gasteiger partial charge in [-0.1, -0.05) is 83.5 Å². The van der Waals surface area contributed by atoms with Crippen LogP contribution in [0.2, 0.25) is 5.02 Å². The van der Waals surface area contributed by atoms with Crippen LogP contribution in [0.1, 0.15) is 35.2 Å². The average Bonchev–Trinajstić information content (AvgIpc) is 3.27. The van der Waals surface area contributed by atoms with E-state index in [2.05, 4.69) is 28.8 Å². The number of carbonyl (C=O) groups is 1. The highest BCUT2D eigenvalue weighted by molar-refractivity contribution is 7.98. The normalized spacial score (nSPS) is 14.8. The number of nitrogens with one attached hydrogen (secondary N) is 2. The third kappa shape index (κ3) is 5.03. The Bertz CT molecular complexity index is 1450. The van der Waals surface area contributed by atoms with E-state index in [1.165, 1.54) is 5.56 Å². The number of benzene rings is 3. The molecule has 8 heteroatoms. The first-order chi connectivity index (χ1) is 17.4. The molecule has 36 heavy (non-hydrogen) atoms. The first-order valence-electron chi connectivity index (χ1n) is 11.6. The molecule has 0 bridgehead atoms. The molecule has 0 aliphatic carbocycles. The largest absolute Gasteiger partial charge is 0.328 e. The monoisotopic (exact) mass is 515 g/mol. The topological polar surface area (TPSA) is 71.8 Å². The van der Waals surface area contributed by atoms with Gasteiger partial charge in [-0.05, 0) is 55.7 Å². The van der Waals surface area contributed by atoms with Crippen LogP contribution in [-0.4, -0.2) is 20.7 Å². The average molecular weight is 516 g/mol. The molecule has 182 valence electrons. The van der Waals surface area contributed by atoms with Gasteiger partial charge in [0.2, 0.25) is 11.1 Å². The minimum atomic E-state index is -0.456. The Morgan fingerprint density at radius 2 is 1.81 bits per heavy atom. The zero-order chi connectivity index (χ0) is 25.2. The number of thioether (sulfide) groups is 1. The minimum Gasteiger partial charge on any atom is -0.328 e. The molecule has 4 aromatic rings. The lowest BCUT2D eigenvalue weighted by atomic mass is 9.95. The summed E-state index contributed by atoms with van der Waals surface area (Å²) in [7, 11) is 0. The summed E-state index contributed by atoms with van der Waals surface area (Å²) in [5, 5.41) is 12.5. The molecule has 6 nitrogen and oxygen atoms in total. The first kappa shape index (κ1) is 24.2. The Kier molecular flexibility index (Phi) is 6.85. The van der Waals surface area contributed by atoms with Crippen molar-refractivity contribution in [1.29, 1.82) is 0 Å². The number of amides is 1. The molecule has 1 aliphatic rings. The summed E-state index contributed by atoms with van der Waals surface area (Å²) >= 11 is 7.74. The van der Waals surface area contributed by atoms with Crippen LogP contribution in [0.15, 0.2) is 89.2 Å². The predicted octanol–water partition coefficient (Wildman–Crippen LogP) is 6.77. The first-order valence-corrected chi connectivity index (χ1v) is 13.0. The zero-order valence-electron chi connectivity index (χ0n) is 20.2. The highest BCUT2D eigenvalue weighted by Gasteiger charge is 2.34. The molecule has 0 fully saturated rings. The highest BCUT2D eigenvalue weighted by Crippen LogP contribution is 2.37. The number of aromatic nitrogens is 3. The SMILES string of the molecule is CC1=C(C(=O)Nc2ccc(C)cc2C)[C@@H](c2ccc(Cl)cc2)n2nc(SCc3ccccc3)nc2N1. The maximum Gasteiger partial charge on any atom is 0.255 e. The second-order valence-electron chi connectivity index (χ2n) is 8.83. The summed E-state index contributed by atoms with van der Waals surface area (Å²) < 4.78 is 1.79. The number of carbonyl (C=O) groups excluding carboxylic acids is 1. The van der Waals surface area contributed by atoms with Gasteiger partial charge in [-0.3, -0.25) is 4.79 Å². The van der Waals surface area contributed by atoms with Crippen molar-refractivity contribution in [2.75, 3.05) is 10.6 Å². The number of aryl methyl sites for hydroxylation is 2. The summed E-state index contributed by atoms with van der Waals surface area (Å²) in [6.45, 7) is 5.92. The van der Waals surface area contributed by atoms with Crippen LogP contribution in [-0.2, 0) is 10.5 Å². The van der Waals surface area contributed by atoms with Crippen molar-refractivity contribution in [3.05, 3.63) is 111 Å². The molecule has 0 radical (unpaired) electrons. The summed E-state index contributed by atoms with van der Waals surface area (Å²) in [4.78, 5) is 18.4. The molecular formula is C28H26ClN5OS. The number of hydrogen-bond acceptors (Lipinski definition) is 5. The molecule has 5 rings (SSSR count). The van der Waals surface area contributed by atoms with Crippen LogP contribution >= 0.6 is 23.4 Å². The van der Waals surface area contributed by atoms with E-state index in [4.69, 9.17) is 21.7 Å². The molecular weight excluding hydrogens is 490 g/mol. The smallest absolute Gasteiger partial charge is 0.255 e. The van der Waals surface area contributed by atoms with Crippen molar-refractivity contribution in [3.63, 3.8) is 0 Å². The van der Waals surface area contributed by atoms with Crippen molar-refractivity contribution >= 4 is 40.9 Å². The molecule has 2 heterocycles. The number of allylic oxidation sites excluding steroid dienone is 1. The fourth-order valence-corrected chi connectivity index (χ4v) is 5.22. The molecule has 0 unspecified atom stereocenters. The van der Waals surface area contributed by atoms with Crippen LogP contribution in [0.3, 0.4) is 0 Å². The minimum absolute atomic E-state index is 0.188. The third-order valence-electron chi connectivity index (χ3n) is 6.10. The maximum absolute atomic E-state index is 13.7. The lowest BCUT2D eigenvalue weighted by molar-refractivity contribution is -0.113. The lowest BCUT2D eigenvalue weighted by Crippen LogP contribution is -2.31.